The minimum absolute atomic E-state index is 0.186. The SMILES string of the molecule is O=C1NC(=Nc2ccc(Cl)cc2)SC1=Cc1c(OCc2ccccc2)ccc2ccccc12. The highest BCUT2D eigenvalue weighted by molar-refractivity contribution is 8.18. The van der Waals surface area contributed by atoms with Gasteiger partial charge in [0.1, 0.15) is 12.4 Å². The number of fused-ring (bicyclic) bond motifs is 1. The molecule has 0 saturated carbocycles. The number of benzene rings is 4. The van der Waals surface area contributed by atoms with Crippen LogP contribution >= 0.6 is 23.4 Å². The van der Waals surface area contributed by atoms with E-state index in [1.807, 2.05) is 84.9 Å². The van der Waals surface area contributed by atoms with Gasteiger partial charge in [-0.3, -0.25) is 4.79 Å². The van der Waals surface area contributed by atoms with Crippen molar-refractivity contribution in [2.75, 3.05) is 0 Å². The third-order valence-corrected chi connectivity index (χ3v) is 6.31. The molecule has 4 nitrogen and oxygen atoms in total. The number of hydrogen-bond donors (Lipinski definition) is 1. The van der Waals surface area contributed by atoms with E-state index < -0.39 is 0 Å². The Morgan fingerprint density at radius 3 is 2.48 bits per heavy atom. The second-order valence-corrected chi connectivity index (χ2v) is 8.90. The van der Waals surface area contributed by atoms with Gasteiger partial charge < -0.3 is 10.1 Å². The minimum atomic E-state index is -0.186. The zero-order valence-corrected chi connectivity index (χ0v) is 19.1. The molecule has 0 radical (unpaired) electrons. The Balaban J connectivity index is 1.48. The van der Waals surface area contributed by atoms with Gasteiger partial charge in [0.2, 0.25) is 0 Å². The summed E-state index contributed by atoms with van der Waals surface area (Å²) < 4.78 is 6.18. The van der Waals surface area contributed by atoms with Crippen molar-refractivity contribution in [2.45, 2.75) is 6.61 Å². The molecule has 1 saturated heterocycles. The van der Waals surface area contributed by atoms with Crippen LogP contribution in [0.1, 0.15) is 11.1 Å². The largest absolute Gasteiger partial charge is 0.488 e. The van der Waals surface area contributed by atoms with E-state index in [0.29, 0.717) is 21.7 Å². The Morgan fingerprint density at radius 1 is 0.909 bits per heavy atom. The molecular weight excluding hydrogens is 452 g/mol. The van der Waals surface area contributed by atoms with E-state index in [0.717, 1.165) is 33.3 Å². The summed E-state index contributed by atoms with van der Waals surface area (Å²) in [5.74, 6) is 0.538. The number of hydrogen-bond acceptors (Lipinski definition) is 4. The highest BCUT2D eigenvalue weighted by Crippen LogP contribution is 2.35. The molecule has 1 aliphatic rings. The van der Waals surface area contributed by atoms with Crippen molar-refractivity contribution < 1.29 is 9.53 Å². The van der Waals surface area contributed by atoms with Gasteiger partial charge >= 0.3 is 0 Å². The van der Waals surface area contributed by atoms with Crippen molar-refractivity contribution in [3.05, 3.63) is 112 Å². The summed E-state index contributed by atoms with van der Waals surface area (Å²) in [6, 6.07) is 29.2. The van der Waals surface area contributed by atoms with Gasteiger partial charge in [-0.15, -0.1) is 0 Å². The molecule has 1 aliphatic heterocycles. The maximum atomic E-state index is 12.7. The highest BCUT2D eigenvalue weighted by atomic mass is 35.5. The molecule has 5 rings (SSSR count). The van der Waals surface area contributed by atoms with Crippen molar-refractivity contribution in [3.63, 3.8) is 0 Å². The molecule has 33 heavy (non-hydrogen) atoms. The van der Waals surface area contributed by atoms with Crippen molar-refractivity contribution >= 4 is 57.0 Å². The summed E-state index contributed by atoms with van der Waals surface area (Å²) in [5, 5.41) is 6.11. The van der Waals surface area contributed by atoms with Crippen LogP contribution in [-0.2, 0) is 11.4 Å². The first-order chi connectivity index (χ1) is 16.2. The van der Waals surface area contributed by atoms with E-state index in [9.17, 15) is 4.79 Å². The Morgan fingerprint density at radius 2 is 1.67 bits per heavy atom. The van der Waals surface area contributed by atoms with Gasteiger partial charge in [0.25, 0.3) is 5.91 Å². The maximum absolute atomic E-state index is 12.7. The van der Waals surface area contributed by atoms with Gasteiger partial charge in [-0.2, -0.15) is 0 Å². The number of amidine groups is 1. The number of thioether (sulfide) groups is 1. The van der Waals surface area contributed by atoms with Crippen LogP contribution in [0.3, 0.4) is 0 Å². The number of carbonyl (C=O) groups is 1. The van der Waals surface area contributed by atoms with Crippen LogP contribution in [0, 0.1) is 0 Å². The molecule has 4 aromatic carbocycles. The Kier molecular flexibility index (Phi) is 6.15. The van der Waals surface area contributed by atoms with Crippen molar-refractivity contribution in [2.24, 2.45) is 4.99 Å². The fraction of sp³-hybridized carbons (Fsp3) is 0.0370. The number of halogens is 1. The number of nitrogens with zero attached hydrogens (tertiary/aromatic N) is 1. The predicted molar refractivity (Wildman–Crippen MR) is 137 cm³/mol. The first kappa shape index (κ1) is 21.3. The second-order valence-electron chi connectivity index (χ2n) is 7.43. The molecule has 0 unspecified atom stereocenters. The van der Waals surface area contributed by atoms with E-state index in [4.69, 9.17) is 16.3 Å². The average molecular weight is 471 g/mol. The number of aliphatic imine (C=N–C) groups is 1. The van der Waals surface area contributed by atoms with Gasteiger partial charge in [0.05, 0.1) is 10.6 Å². The van der Waals surface area contributed by atoms with E-state index in [1.54, 1.807) is 12.1 Å². The highest BCUT2D eigenvalue weighted by Gasteiger charge is 2.25. The molecule has 0 bridgehead atoms. The van der Waals surface area contributed by atoms with Crippen molar-refractivity contribution in [1.29, 1.82) is 0 Å². The first-order valence-corrected chi connectivity index (χ1v) is 11.6. The summed E-state index contributed by atoms with van der Waals surface area (Å²) in [4.78, 5) is 17.8. The molecule has 0 aliphatic carbocycles. The lowest BCUT2D eigenvalue weighted by Crippen LogP contribution is -2.19. The lowest BCUT2D eigenvalue weighted by molar-refractivity contribution is -0.115. The quantitative estimate of drug-likeness (QED) is 0.320. The smallest absolute Gasteiger partial charge is 0.264 e. The Hall–Kier alpha value is -3.54. The predicted octanol–water partition coefficient (Wildman–Crippen LogP) is 6.96. The lowest BCUT2D eigenvalue weighted by Gasteiger charge is -2.12. The monoisotopic (exact) mass is 470 g/mol. The van der Waals surface area contributed by atoms with Crippen LogP contribution in [-0.4, -0.2) is 11.1 Å². The Bertz CT molecular complexity index is 1380. The van der Waals surface area contributed by atoms with E-state index in [2.05, 4.69) is 10.3 Å². The standard InChI is InChI=1S/C27H19ClN2O2S/c28-20-11-13-21(14-12-20)29-27-30-26(31)25(33-27)16-23-22-9-5-4-8-19(22)10-15-24(23)32-17-18-6-2-1-3-7-18/h1-16H,17H2,(H,29,30,31). The lowest BCUT2D eigenvalue weighted by atomic mass is 10.0. The number of carbonyl (C=O) groups excluding carboxylic acids is 1. The summed E-state index contributed by atoms with van der Waals surface area (Å²) in [5.41, 5.74) is 2.67. The van der Waals surface area contributed by atoms with Crippen LogP contribution in [0.5, 0.6) is 5.75 Å². The van der Waals surface area contributed by atoms with Gasteiger partial charge in [-0.25, -0.2) is 4.99 Å². The van der Waals surface area contributed by atoms with Gasteiger partial charge in [-0.05, 0) is 64.5 Å². The maximum Gasteiger partial charge on any atom is 0.264 e. The number of amides is 1. The summed E-state index contributed by atoms with van der Waals surface area (Å²) in [7, 11) is 0. The zero-order valence-electron chi connectivity index (χ0n) is 17.5. The molecule has 6 heteroatoms. The topological polar surface area (TPSA) is 50.7 Å². The van der Waals surface area contributed by atoms with Gasteiger partial charge in [0.15, 0.2) is 5.17 Å². The normalized spacial score (nSPS) is 15.8. The molecule has 0 atom stereocenters. The minimum Gasteiger partial charge on any atom is -0.488 e. The molecule has 1 heterocycles. The third-order valence-electron chi connectivity index (χ3n) is 5.15. The molecule has 0 aromatic heterocycles. The molecular formula is C27H19ClN2O2S. The van der Waals surface area contributed by atoms with Gasteiger partial charge in [-0.1, -0.05) is 72.3 Å². The summed E-state index contributed by atoms with van der Waals surface area (Å²) in [6.45, 7) is 0.442. The van der Waals surface area contributed by atoms with Crippen LogP contribution in [0.4, 0.5) is 5.69 Å². The van der Waals surface area contributed by atoms with Crippen LogP contribution in [0.2, 0.25) is 5.02 Å². The molecule has 1 N–H and O–H groups in total. The molecule has 4 aromatic rings. The molecule has 0 spiro atoms. The van der Waals surface area contributed by atoms with E-state index >= 15 is 0 Å². The van der Waals surface area contributed by atoms with Crippen molar-refractivity contribution in [1.82, 2.24) is 5.32 Å². The Labute approximate surface area is 201 Å². The fourth-order valence-electron chi connectivity index (χ4n) is 3.53. The average Bonchev–Trinajstić information content (AvgIpc) is 3.19. The number of rotatable bonds is 5. The number of ether oxygens (including phenoxy) is 1. The van der Waals surface area contributed by atoms with E-state index in [1.165, 1.54) is 11.8 Å². The summed E-state index contributed by atoms with van der Waals surface area (Å²) >= 11 is 7.25. The third kappa shape index (κ3) is 4.95. The van der Waals surface area contributed by atoms with Crippen LogP contribution in [0.25, 0.3) is 16.8 Å². The van der Waals surface area contributed by atoms with Crippen LogP contribution < -0.4 is 10.1 Å². The number of nitrogens with one attached hydrogen (secondary N) is 1. The van der Waals surface area contributed by atoms with Gasteiger partial charge in [0, 0.05) is 10.6 Å². The zero-order chi connectivity index (χ0) is 22.6. The molecule has 1 amide bonds. The molecule has 162 valence electrons. The summed E-state index contributed by atoms with van der Waals surface area (Å²) in [6.07, 6.45) is 1.88. The van der Waals surface area contributed by atoms with E-state index in [-0.39, 0.29) is 5.91 Å². The fourth-order valence-corrected chi connectivity index (χ4v) is 4.48. The second kappa shape index (κ2) is 9.53. The molecule has 1 fully saturated rings. The van der Waals surface area contributed by atoms with Crippen molar-refractivity contribution in [3.8, 4) is 5.75 Å². The first-order valence-electron chi connectivity index (χ1n) is 10.4. The van der Waals surface area contributed by atoms with Crippen LogP contribution in [0.15, 0.2) is 101 Å².